The molecular formula is C61H53N. The SMILES string of the molecule is CC(C)(C)c1ccc(-c2ccccc2N(c2ccc3c(c2)C2(c4ccccc4-c4ccccc42)c2ccccc2-3)c2ccccc2C23CC4C[C@H](C2)C[C@@H](C4)C3)c2ccccc12. The van der Waals surface area contributed by atoms with Gasteiger partial charge in [0, 0.05) is 16.9 Å². The van der Waals surface area contributed by atoms with Crippen LogP contribution in [0.1, 0.15) is 92.7 Å². The summed E-state index contributed by atoms with van der Waals surface area (Å²) in [6.07, 6.45) is 8.26. The fourth-order valence-corrected chi connectivity index (χ4v) is 14.3. The van der Waals surface area contributed by atoms with E-state index in [-0.39, 0.29) is 10.8 Å². The van der Waals surface area contributed by atoms with Crippen molar-refractivity contribution in [3.8, 4) is 33.4 Å². The van der Waals surface area contributed by atoms with E-state index in [9.17, 15) is 0 Å². The zero-order valence-electron chi connectivity index (χ0n) is 36.2. The third kappa shape index (κ3) is 5.03. The van der Waals surface area contributed by atoms with Crippen molar-refractivity contribution in [1.29, 1.82) is 0 Å². The summed E-state index contributed by atoms with van der Waals surface area (Å²) in [5, 5.41) is 2.65. The molecule has 0 aliphatic heterocycles. The van der Waals surface area contributed by atoms with Gasteiger partial charge in [0.05, 0.1) is 11.1 Å². The summed E-state index contributed by atoms with van der Waals surface area (Å²) in [4.78, 5) is 2.69. The van der Waals surface area contributed by atoms with Crippen molar-refractivity contribution in [1.82, 2.24) is 0 Å². The Balaban J connectivity index is 1.09. The van der Waals surface area contributed by atoms with Crippen LogP contribution in [0.4, 0.5) is 17.1 Å². The number of hydrogen-bond acceptors (Lipinski definition) is 1. The van der Waals surface area contributed by atoms with E-state index >= 15 is 0 Å². The summed E-state index contributed by atoms with van der Waals surface area (Å²) in [6.45, 7) is 7.02. The van der Waals surface area contributed by atoms with Crippen LogP contribution in [0.25, 0.3) is 44.2 Å². The maximum absolute atomic E-state index is 2.69. The average Bonchev–Trinajstić information content (AvgIpc) is 3.76. The molecule has 0 saturated heterocycles. The molecule has 0 radical (unpaired) electrons. The number of hydrogen-bond donors (Lipinski definition) is 0. The van der Waals surface area contributed by atoms with Crippen molar-refractivity contribution >= 4 is 27.8 Å². The van der Waals surface area contributed by atoms with Crippen molar-refractivity contribution in [2.45, 2.75) is 75.5 Å². The Bertz CT molecular complexity index is 3020. The van der Waals surface area contributed by atoms with Gasteiger partial charge in [-0.25, -0.2) is 0 Å². The van der Waals surface area contributed by atoms with Crippen LogP contribution in [0.3, 0.4) is 0 Å². The van der Waals surface area contributed by atoms with Crippen molar-refractivity contribution in [2.75, 3.05) is 4.90 Å². The van der Waals surface area contributed by atoms with Gasteiger partial charge in [-0.3, -0.25) is 0 Å². The first-order valence-electron chi connectivity index (χ1n) is 23.3. The molecule has 0 aromatic heterocycles. The molecule has 1 nitrogen and oxygen atoms in total. The van der Waals surface area contributed by atoms with E-state index in [0.717, 1.165) is 17.8 Å². The van der Waals surface area contributed by atoms with Gasteiger partial charge >= 0.3 is 0 Å². The number of benzene rings is 8. The first-order valence-corrected chi connectivity index (χ1v) is 23.3. The zero-order chi connectivity index (χ0) is 41.4. The van der Waals surface area contributed by atoms with Gasteiger partial charge < -0.3 is 4.90 Å². The predicted octanol–water partition coefficient (Wildman–Crippen LogP) is 16.1. The number of rotatable bonds is 5. The lowest BCUT2D eigenvalue weighted by Crippen LogP contribution is -2.48. The number of anilines is 3. The second kappa shape index (κ2) is 13.2. The Morgan fingerprint density at radius 2 is 0.855 bits per heavy atom. The van der Waals surface area contributed by atoms with Crippen molar-refractivity contribution < 1.29 is 0 Å². The molecule has 0 heterocycles. The van der Waals surface area contributed by atoms with E-state index < -0.39 is 5.41 Å². The van der Waals surface area contributed by atoms with E-state index in [1.807, 2.05) is 0 Å². The third-order valence-corrected chi connectivity index (χ3v) is 16.2. The van der Waals surface area contributed by atoms with Crippen LogP contribution in [0.15, 0.2) is 176 Å². The molecule has 4 saturated carbocycles. The Morgan fingerprint density at radius 3 is 1.44 bits per heavy atom. The molecule has 8 aromatic rings. The van der Waals surface area contributed by atoms with Crippen LogP contribution < -0.4 is 4.90 Å². The fraction of sp³-hybridized carbons (Fsp3) is 0.246. The van der Waals surface area contributed by atoms with E-state index in [1.165, 1.54) is 128 Å². The Kier molecular flexibility index (Phi) is 7.75. The summed E-state index contributed by atoms with van der Waals surface area (Å²) in [5.74, 6) is 2.55. The van der Waals surface area contributed by atoms with Crippen LogP contribution in [-0.2, 0) is 16.2 Å². The maximum Gasteiger partial charge on any atom is 0.0726 e. The molecule has 4 bridgehead atoms. The van der Waals surface area contributed by atoms with Crippen molar-refractivity contribution in [3.05, 3.63) is 209 Å². The molecule has 1 heteroatoms. The summed E-state index contributed by atoms with van der Waals surface area (Å²) < 4.78 is 0. The lowest BCUT2D eigenvalue weighted by atomic mass is 9.48. The Hall–Kier alpha value is -6.18. The van der Waals surface area contributed by atoms with Gasteiger partial charge in [0.1, 0.15) is 0 Å². The maximum atomic E-state index is 2.69. The largest absolute Gasteiger partial charge is 0.310 e. The molecular weight excluding hydrogens is 747 g/mol. The fourth-order valence-electron chi connectivity index (χ4n) is 14.3. The highest BCUT2D eigenvalue weighted by Gasteiger charge is 2.54. The smallest absolute Gasteiger partial charge is 0.0726 e. The second-order valence-corrected chi connectivity index (χ2v) is 20.6. The number of nitrogens with zero attached hydrogens (tertiary/aromatic N) is 1. The van der Waals surface area contributed by atoms with Crippen LogP contribution in [0, 0.1) is 17.8 Å². The average molecular weight is 800 g/mol. The minimum absolute atomic E-state index is 0.0237. The van der Waals surface area contributed by atoms with Gasteiger partial charge in [0.15, 0.2) is 0 Å². The van der Waals surface area contributed by atoms with Crippen LogP contribution in [0.2, 0.25) is 0 Å². The van der Waals surface area contributed by atoms with Gasteiger partial charge in [-0.2, -0.15) is 0 Å². The van der Waals surface area contributed by atoms with E-state index in [2.05, 4.69) is 202 Å². The molecule has 6 aliphatic carbocycles. The van der Waals surface area contributed by atoms with E-state index in [1.54, 1.807) is 5.56 Å². The van der Waals surface area contributed by atoms with Crippen LogP contribution in [-0.4, -0.2) is 0 Å². The normalized spacial score (nSPS) is 22.1. The summed E-state index contributed by atoms with van der Waals surface area (Å²) in [6, 6.07) is 67.9. The quantitative estimate of drug-likeness (QED) is 0.168. The highest BCUT2D eigenvalue weighted by atomic mass is 15.1. The van der Waals surface area contributed by atoms with Gasteiger partial charge in [-0.05, 0) is 163 Å². The molecule has 62 heavy (non-hydrogen) atoms. The topological polar surface area (TPSA) is 3.24 Å². The summed E-state index contributed by atoms with van der Waals surface area (Å²) in [5.41, 5.74) is 20.0. The molecule has 8 aromatic carbocycles. The van der Waals surface area contributed by atoms with Crippen LogP contribution >= 0.6 is 0 Å². The molecule has 302 valence electrons. The highest BCUT2D eigenvalue weighted by Crippen LogP contribution is 2.65. The lowest BCUT2D eigenvalue weighted by Gasteiger charge is -2.57. The summed E-state index contributed by atoms with van der Waals surface area (Å²) >= 11 is 0. The van der Waals surface area contributed by atoms with Gasteiger partial charge in [0.25, 0.3) is 0 Å². The van der Waals surface area contributed by atoms with Crippen molar-refractivity contribution in [2.24, 2.45) is 17.8 Å². The number of para-hydroxylation sites is 2. The Morgan fingerprint density at radius 1 is 0.403 bits per heavy atom. The summed E-state index contributed by atoms with van der Waals surface area (Å²) in [7, 11) is 0. The molecule has 1 spiro atoms. The minimum Gasteiger partial charge on any atom is -0.310 e. The molecule has 0 N–H and O–H groups in total. The van der Waals surface area contributed by atoms with Gasteiger partial charge in [-0.15, -0.1) is 0 Å². The molecule has 0 amide bonds. The minimum atomic E-state index is -0.418. The van der Waals surface area contributed by atoms with Gasteiger partial charge in [0.2, 0.25) is 0 Å². The first kappa shape index (κ1) is 36.5. The Labute approximate surface area is 367 Å². The van der Waals surface area contributed by atoms with Crippen LogP contribution in [0.5, 0.6) is 0 Å². The molecule has 6 aliphatic rings. The van der Waals surface area contributed by atoms with Gasteiger partial charge in [-0.1, -0.05) is 172 Å². The van der Waals surface area contributed by atoms with E-state index in [4.69, 9.17) is 0 Å². The zero-order valence-corrected chi connectivity index (χ0v) is 36.2. The molecule has 14 rings (SSSR count). The third-order valence-electron chi connectivity index (χ3n) is 16.2. The predicted molar refractivity (Wildman–Crippen MR) is 259 cm³/mol. The second-order valence-electron chi connectivity index (χ2n) is 20.6. The van der Waals surface area contributed by atoms with E-state index in [0.29, 0.717) is 0 Å². The monoisotopic (exact) mass is 799 g/mol. The lowest BCUT2D eigenvalue weighted by molar-refractivity contribution is -0.00491. The standard InChI is InChI=1S/C61H53N/c1-59(2,3)51-31-30-44(43-16-4-5-17-45(43)51)50-21-9-14-26-57(50)62(58-27-15-13-25-55(58)60-36-39-32-40(37-60)34-41(33-39)38-60)42-28-29-49-48-20-8-12-24-54(48)61(56(49)35-42)52-22-10-6-18-46(52)47-19-7-11-23-53(47)61/h4-31,35,39-41H,32-34,36-38H2,1-3H3/t39-,40+,41?,60?. The molecule has 0 unspecified atom stereocenters. The first-order chi connectivity index (χ1) is 30.3. The molecule has 0 atom stereocenters. The highest BCUT2D eigenvalue weighted by molar-refractivity contribution is 6.04. The molecule has 4 fully saturated rings. The number of fused-ring (bicyclic) bond motifs is 11. The van der Waals surface area contributed by atoms with Crippen molar-refractivity contribution in [3.63, 3.8) is 0 Å².